The quantitative estimate of drug-likeness (QED) is 0.680. The number of aryl methyl sites for hydroxylation is 1. The van der Waals surface area contributed by atoms with E-state index in [0.29, 0.717) is 0 Å². The molecule has 0 radical (unpaired) electrons. The smallest absolute Gasteiger partial charge is 0.0187 e. The molecule has 1 aromatic carbocycles. The van der Waals surface area contributed by atoms with Crippen LogP contribution in [0.25, 0.3) is 12.7 Å². The summed E-state index contributed by atoms with van der Waals surface area (Å²) in [6, 6.07) is 6.49. The average Bonchev–Trinajstić information content (AvgIpc) is 2.19. The van der Waals surface area contributed by atoms with E-state index >= 15 is 0 Å². The lowest BCUT2D eigenvalue weighted by Crippen LogP contribution is -2.22. The average molecular weight is 186 g/mol. The Morgan fingerprint density at radius 1 is 1.36 bits per heavy atom. The molecule has 0 fully saturated rings. The fourth-order valence-corrected chi connectivity index (χ4v) is 1.44. The molecule has 0 atom stereocenters. The highest BCUT2D eigenvalue weighted by atomic mass is 13.9. The van der Waals surface area contributed by atoms with Gasteiger partial charge >= 0.3 is 0 Å². The van der Waals surface area contributed by atoms with Crippen LogP contribution in [0, 0.1) is 0 Å². The molecule has 0 aromatic heterocycles. The maximum atomic E-state index is 4.01. The SMILES string of the molecule is C=c1ccc(CCC)c/c1=C/C=C\C. The van der Waals surface area contributed by atoms with Crippen molar-refractivity contribution in [2.45, 2.75) is 26.7 Å². The molecule has 0 saturated heterocycles. The molecule has 1 rings (SSSR count). The van der Waals surface area contributed by atoms with Gasteiger partial charge < -0.3 is 0 Å². The maximum Gasteiger partial charge on any atom is -0.0187 e. The first-order valence-electron chi connectivity index (χ1n) is 5.18. The highest BCUT2D eigenvalue weighted by molar-refractivity contribution is 5.38. The Labute approximate surface area is 86.3 Å². The van der Waals surface area contributed by atoms with Crippen LogP contribution in [0.2, 0.25) is 0 Å². The van der Waals surface area contributed by atoms with Gasteiger partial charge in [-0.3, -0.25) is 0 Å². The molecule has 0 heterocycles. The van der Waals surface area contributed by atoms with E-state index < -0.39 is 0 Å². The van der Waals surface area contributed by atoms with Crippen LogP contribution in [0.4, 0.5) is 0 Å². The fraction of sp³-hybridized carbons (Fsp3) is 0.286. The first kappa shape index (κ1) is 10.8. The van der Waals surface area contributed by atoms with Gasteiger partial charge in [0, 0.05) is 0 Å². The third kappa shape index (κ3) is 2.88. The first-order chi connectivity index (χ1) is 6.77. The van der Waals surface area contributed by atoms with Gasteiger partial charge in [0.2, 0.25) is 0 Å². The molecule has 0 heteroatoms. The van der Waals surface area contributed by atoms with E-state index in [1.165, 1.54) is 17.2 Å². The van der Waals surface area contributed by atoms with E-state index in [1.807, 2.05) is 13.0 Å². The van der Waals surface area contributed by atoms with Crippen molar-refractivity contribution in [3.8, 4) is 0 Å². The van der Waals surface area contributed by atoms with Crippen LogP contribution in [0.1, 0.15) is 25.8 Å². The van der Waals surface area contributed by atoms with E-state index in [9.17, 15) is 0 Å². The van der Waals surface area contributed by atoms with Crippen LogP contribution < -0.4 is 10.4 Å². The molecule has 74 valence electrons. The van der Waals surface area contributed by atoms with E-state index in [2.05, 4.69) is 43.9 Å². The Kier molecular flexibility index (Phi) is 4.18. The van der Waals surface area contributed by atoms with E-state index in [-0.39, 0.29) is 0 Å². The maximum absolute atomic E-state index is 4.01. The molecule has 1 aromatic rings. The number of rotatable bonds is 3. The summed E-state index contributed by atoms with van der Waals surface area (Å²) in [5, 5.41) is 2.33. The highest BCUT2D eigenvalue weighted by Crippen LogP contribution is 1.96. The third-order valence-electron chi connectivity index (χ3n) is 2.22. The van der Waals surface area contributed by atoms with Gasteiger partial charge in [0.05, 0.1) is 0 Å². The van der Waals surface area contributed by atoms with Crippen molar-refractivity contribution in [2.75, 3.05) is 0 Å². The van der Waals surface area contributed by atoms with E-state index in [1.54, 1.807) is 0 Å². The van der Waals surface area contributed by atoms with Gasteiger partial charge in [-0.1, -0.05) is 56.4 Å². The molecular formula is C14H18. The van der Waals surface area contributed by atoms with Gasteiger partial charge in [0.25, 0.3) is 0 Å². The van der Waals surface area contributed by atoms with Crippen molar-refractivity contribution in [1.82, 2.24) is 0 Å². The largest absolute Gasteiger partial charge is 0.0912 e. The van der Waals surface area contributed by atoms with Crippen LogP contribution in [0.3, 0.4) is 0 Å². The number of allylic oxidation sites excluding steroid dienone is 2. The van der Waals surface area contributed by atoms with Gasteiger partial charge in [0.1, 0.15) is 0 Å². The minimum absolute atomic E-state index is 1.10. The molecule has 0 N–H and O–H groups in total. The summed E-state index contributed by atoms with van der Waals surface area (Å²) >= 11 is 0. The highest BCUT2D eigenvalue weighted by Gasteiger charge is 1.89. The molecule has 0 unspecified atom stereocenters. The number of hydrogen-bond acceptors (Lipinski definition) is 0. The molecular weight excluding hydrogens is 168 g/mol. The van der Waals surface area contributed by atoms with Gasteiger partial charge in [-0.2, -0.15) is 0 Å². The van der Waals surface area contributed by atoms with Crippen LogP contribution in [-0.2, 0) is 6.42 Å². The normalized spacial score (nSPS) is 12.6. The van der Waals surface area contributed by atoms with Crippen molar-refractivity contribution < 1.29 is 0 Å². The zero-order valence-electron chi connectivity index (χ0n) is 9.09. The summed E-state index contributed by atoms with van der Waals surface area (Å²) in [4.78, 5) is 0. The second-order valence-corrected chi connectivity index (χ2v) is 3.48. The Bertz CT molecular complexity index is 410. The molecule has 0 spiro atoms. The van der Waals surface area contributed by atoms with Crippen molar-refractivity contribution in [2.24, 2.45) is 0 Å². The lowest BCUT2D eigenvalue weighted by atomic mass is 10.1. The standard InChI is InChI=1S/C14H18/c1-4-6-8-14-11-13(7-5-2)10-9-12(14)3/h4,6,8-11H,3,5,7H2,1-2H3/b6-4-,14-8-. The molecule has 0 aliphatic carbocycles. The molecule has 14 heavy (non-hydrogen) atoms. The molecule has 0 bridgehead atoms. The Hall–Kier alpha value is -1.30. The second kappa shape index (κ2) is 5.43. The van der Waals surface area contributed by atoms with Crippen LogP contribution in [0.5, 0.6) is 0 Å². The van der Waals surface area contributed by atoms with Crippen LogP contribution in [-0.4, -0.2) is 0 Å². The number of benzene rings is 1. The van der Waals surface area contributed by atoms with Crippen molar-refractivity contribution >= 4 is 12.7 Å². The number of hydrogen-bond donors (Lipinski definition) is 0. The summed E-state index contributed by atoms with van der Waals surface area (Å²) in [5.74, 6) is 0. The first-order valence-corrected chi connectivity index (χ1v) is 5.18. The monoisotopic (exact) mass is 186 g/mol. The lowest BCUT2D eigenvalue weighted by molar-refractivity contribution is 0.920. The Morgan fingerprint density at radius 3 is 2.79 bits per heavy atom. The van der Waals surface area contributed by atoms with Gasteiger partial charge in [-0.15, -0.1) is 0 Å². The van der Waals surface area contributed by atoms with Crippen molar-refractivity contribution in [3.63, 3.8) is 0 Å². The van der Waals surface area contributed by atoms with Gasteiger partial charge in [-0.25, -0.2) is 0 Å². The fourth-order valence-electron chi connectivity index (χ4n) is 1.44. The minimum Gasteiger partial charge on any atom is -0.0912 e. The predicted octanol–water partition coefficient (Wildman–Crippen LogP) is 2.41. The predicted molar refractivity (Wildman–Crippen MR) is 64.5 cm³/mol. The molecule has 0 aliphatic heterocycles. The third-order valence-corrected chi connectivity index (χ3v) is 2.22. The van der Waals surface area contributed by atoms with Crippen LogP contribution >= 0.6 is 0 Å². The Morgan fingerprint density at radius 2 is 2.14 bits per heavy atom. The Balaban J connectivity index is 3.15. The van der Waals surface area contributed by atoms with Crippen LogP contribution in [0.15, 0.2) is 30.4 Å². The lowest BCUT2D eigenvalue weighted by Gasteiger charge is -1.97. The van der Waals surface area contributed by atoms with Gasteiger partial charge in [-0.05, 0) is 29.3 Å². The molecule has 0 saturated carbocycles. The summed E-state index contributed by atoms with van der Waals surface area (Å²) in [7, 11) is 0. The summed E-state index contributed by atoms with van der Waals surface area (Å²) in [6.07, 6.45) is 8.55. The summed E-state index contributed by atoms with van der Waals surface area (Å²) in [6.45, 7) is 8.23. The molecule has 0 nitrogen and oxygen atoms in total. The topological polar surface area (TPSA) is 0 Å². The van der Waals surface area contributed by atoms with Crippen molar-refractivity contribution in [1.29, 1.82) is 0 Å². The van der Waals surface area contributed by atoms with E-state index in [4.69, 9.17) is 0 Å². The summed E-state index contributed by atoms with van der Waals surface area (Å²) < 4.78 is 0. The second-order valence-electron chi connectivity index (χ2n) is 3.48. The van der Waals surface area contributed by atoms with E-state index in [0.717, 1.165) is 11.6 Å². The molecule has 0 amide bonds. The summed E-state index contributed by atoms with van der Waals surface area (Å²) in [5.41, 5.74) is 1.40. The molecule has 0 aliphatic rings. The zero-order valence-corrected chi connectivity index (χ0v) is 9.09. The minimum atomic E-state index is 1.10. The van der Waals surface area contributed by atoms with Gasteiger partial charge in [0.15, 0.2) is 0 Å². The zero-order chi connectivity index (χ0) is 10.4. The van der Waals surface area contributed by atoms with Crippen molar-refractivity contribution in [3.05, 3.63) is 46.4 Å².